The van der Waals surface area contributed by atoms with Gasteiger partial charge in [-0.2, -0.15) is 0 Å². The molecule has 0 bridgehead atoms. The van der Waals surface area contributed by atoms with Crippen molar-refractivity contribution in [3.63, 3.8) is 0 Å². The van der Waals surface area contributed by atoms with Crippen molar-refractivity contribution in [3.8, 4) is 12.3 Å². The summed E-state index contributed by atoms with van der Waals surface area (Å²) in [7, 11) is 0. The van der Waals surface area contributed by atoms with Crippen LogP contribution in [0.2, 0.25) is 0 Å². The van der Waals surface area contributed by atoms with Gasteiger partial charge in [0.2, 0.25) is 0 Å². The topological polar surface area (TPSA) is 12.0 Å². The summed E-state index contributed by atoms with van der Waals surface area (Å²) in [5.41, 5.74) is -0.210. The minimum absolute atomic E-state index is 0.210. The van der Waals surface area contributed by atoms with Crippen LogP contribution in [0, 0.1) is 19.3 Å². The SMILES string of the molecule is C#CC(C)(C)NCc1ccc(C)s1. The summed E-state index contributed by atoms with van der Waals surface area (Å²) in [6.07, 6.45) is 5.37. The first kappa shape index (κ1) is 10.3. The molecule has 1 heterocycles. The predicted octanol–water partition coefficient (Wildman–Crippen LogP) is 2.56. The maximum atomic E-state index is 5.37. The summed E-state index contributed by atoms with van der Waals surface area (Å²) in [6, 6.07) is 4.27. The van der Waals surface area contributed by atoms with Gasteiger partial charge < -0.3 is 0 Å². The maximum Gasteiger partial charge on any atom is 0.0744 e. The highest BCUT2D eigenvalue weighted by Gasteiger charge is 2.12. The lowest BCUT2D eigenvalue weighted by Gasteiger charge is -2.18. The molecule has 0 amide bonds. The van der Waals surface area contributed by atoms with E-state index < -0.39 is 0 Å². The Morgan fingerprint density at radius 3 is 2.69 bits per heavy atom. The average Bonchev–Trinajstić information content (AvgIpc) is 2.48. The number of thiophene rings is 1. The molecule has 13 heavy (non-hydrogen) atoms. The van der Waals surface area contributed by atoms with Crippen molar-refractivity contribution in [2.75, 3.05) is 0 Å². The maximum absolute atomic E-state index is 5.37. The molecule has 1 aromatic rings. The van der Waals surface area contributed by atoms with Gasteiger partial charge in [-0.25, -0.2) is 0 Å². The second-order valence-corrected chi connectivity index (χ2v) is 5.01. The molecule has 0 unspecified atom stereocenters. The van der Waals surface area contributed by atoms with Crippen molar-refractivity contribution >= 4 is 11.3 Å². The monoisotopic (exact) mass is 193 g/mol. The number of nitrogens with one attached hydrogen (secondary N) is 1. The molecule has 0 fully saturated rings. The first-order chi connectivity index (χ1) is 6.03. The van der Waals surface area contributed by atoms with Crippen LogP contribution in [-0.4, -0.2) is 5.54 Å². The standard InChI is InChI=1S/C11H15NS/c1-5-11(3,4)12-8-10-7-6-9(2)13-10/h1,6-7,12H,8H2,2-4H3. The predicted molar refractivity (Wildman–Crippen MR) is 58.8 cm³/mol. The highest BCUT2D eigenvalue weighted by molar-refractivity contribution is 7.11. The summed E-state index contributed by atoms with van der Waals surface area (Å²) in [6.45, 7) is 6.98. The van der Waals surface area contributed by atoms with Gasteiger partial charge in [0, 0.05) is 16.3 Å². The van der Waals surface area contributed by atoms with Crippen LogP contribution in [0.25, 0.3) is 0 Å². The number of terminal acetylenes is 1. The molecule has 1 N–H and O–H groups in total. The average molecular weight is 193 g/mol. The van der Waals surface area contributed by atoms with Gasteiger partial charge >= 0.3 is 0 Å². The van der Waals surface area contributed by atoms with E-state index in [4.69, 9.17) is 6.42 Å². The van der Waals surface area contributed by atoms with Crippen LogP contribution in [0.1, 0.15) is 23.6 Å². The van der Waals surface area contributed by atoms with Crippen molar-refractivity contribution in [2.24, 2.45) is 0 Å². The molecular weight excluding hydrogens is 178 g/mol. The lowest BCUT2D eigenvalue weighted by molar-refractivity contribution is 0.494. The quantitative estimate of drug-likeness (QED) is 0.727. The molecule has 0 aliphatic rings. The molecule has 1 nitrogen and oxygen atoms in total. The molecule has 1 rings (SSSR count). The lowest BCUT2D eigenvalue weighted by Crippen LogP contribution is -2.36. The zero-order valence-electron chi connectivity index (χ0n) is 8.35. The van der Waals surface area contributed by atoms with Crippen molar-refractivity contribution in [3.05, 3.63) is 21.9 Å². The van der Waals surface area contributed by atoms with Gasteiger partial charge in [-0.1, -0.05) is 5.92 Å². The van der Waals surface area contributed by atoms with Crippen molar-refractivity contribution in [1.29, 1.82) is 0 Å². The van der Waals surface area contributed by atoms with E-state index in [1.807, 2.05) is 25.2 Å². The van der Waals surface area contributed by atoms with E-state index in [0.29, 0.717) is 0 Å². The smallest absolute Gasteiger partial charge is 0.0744 e. The summed E-state index contributed by atoms with van der Waals surface area (Å²) < 4.78 is 0. The third-order valence-electron chi connectivity index (χ3n) is 1.86. The highest BCUT2D eigenvalue weighted by atomic mass is 32.1. The van der Waals surface area contributed by atoms with Gasteiger partial charge in [0.1, 0.15) is 0 Å². The van der Waals surface area contributed by atoms with E-state index in [1.54, 1.807) is 0 Å². The zero-order valence-corrected chi connectivity index (χ0v) is 9.16. The molecule has 0 atom stereocenters. The third kappa shape index (κ3) is 3.22. The molecule has 0 spiro atoms. The molecule has 70 valence electrons. The molecule has 0 aromatic carbocycles. The summed E-state index contributed by atoms with van der Waals surface area (Å²) in [4.78, 5) is 2.68. The van der Waals surface area contributed by atoms with Gasteiger partial charge in [0.15, 0.2) is 0 Å². The first-order valence-corrected chi connectivity index (χ1v) is 5.13. The normalized spacial score (nSPS) is 11.2. The van der Waals surface area contributed by atoms with Gasteiger partial charge in [-0.15, -0.1) is 17.8 Å². The Labute approximate surface area is 84.2 Å². The van der Waals surface area contributed by atoms with Crippen LogP contribution in [0.4, 0.5) is 0 Å². The fourth-order valence-electron chi connectivity index (χ4n) is 0.939. The Kier molecular flexibility index (Phi) is 3.13. The van der Waals surface area contributed by atoms with E-state index >= 15 is 0 Å². The van der Waals surface area contributed by atoms with Gasteiger partial charge in [-0.05, 0) is 32.9 Å². The van der Waals surface area contributed by atoms with Crippen molar-refractivity contribution in [1.82, 2.24) is 5.32 Å². The van der Waals surface area contributed by atoms with Crippen LogP contribution in [0.3, 0.4) is 0 Å². The molecule has 0 saturated carbocycles. The molecule has 0 saturated heterocycles. The van der Waals surface area contributed by atoms with Crippen molar-refractivity contribution < 1.29 is 0 Å². The zero-order chi connectivity index (χ0) is 9.90. The molecular formula is C11H15NS. The highest BCUT2D eigenvalue weighted by Crippen LogP contribution is 2.15. The Bertz CT molecular complexity index is 317. The first-order valence-electron chi connectivity index (χ1n) is 4.31. The molecule has 2 heteroatoms. The van der Waals surface area contributed by atoms with E-state index in [2.05, 4.69) is 30.3 Å². The van der Waals surface area contributed by atoms with Crippen LogP contribution in [0.15, 0.2) is 12.1 Å². The molecule has 0 aliphatic heterocycles. The van der Waals surface area contributed by atoms with Crippen LogP contribution >= 0.6 is 11.3 Å². The summed E-state index contributed by atoms with van der Waals surface area (Å²) in [5, 5.41) is 3.31. The molecule has 0 aliphatic carbocycles. The minimum atomic E-state index is -0.210. The number of hydrogen-bond donors (Lipinski definition) is 1. The number of aryl methyl sites for hydroxylation is 1. The van der Waals surface area contributed by atoms with E-state index in [9.17, 15) is 0 Å². The second-order valence-electron chi connectivity index (χ2n) is 3.64. The fraction of sp³-hybridized carbons (Fsp3) is 0.455. The Morgan fingerprint density at radius 1 is 1.54 bits per heavy atom. The van der Waals surface area contributed by atoms with Gasteiger partial charge in [0.25, 0.3) is 0 Å². The number of hydrogen-bond acceptors (Lipinski definition) is 2. The van der Waals surface area contributed by atoms with E-state index in [-0.39, 0.29) is 5.54 Å². The van der Waals surface area contributed by atoms with Gasteiger partial charge in [0.05, 0.1) is 5.54 Å². The Balaban J connectivity index is 2.49. The van der Waals surface area contributed by atoms with Gasteiger partial charge in [-0.3, -0.25) is 5.32 Å². The van der Waals surface area contributed by atoms with Crippen LogP contribution < -0.4 is 5.32 Å². The second kappa shape index (κ2) is 3.95. The fourth-order valence-corrected chi connectivity index (χ4v) is 1.77. The lowest BCUT2D eigenvalue weighted by atomic mass is 10.1. The Hall–Kier alpha value is -0.780. The largest absolute Gasteiger partial charge is 0.297 e. The third-order valence-corrected chi connectivity index (χ3v) is 2.86. The van der Waals surface area contributed by atoms with Crippen LogP contribution in [-0.2, 0) is 6.54 Å². The van der Waals surface area contributed by atoms with E-state index in [1.165, 1.54) is 9.75 Å². The number of rotatable bonds is 3. The molecule has 0 radical (unpaired) electrons. The summed E-state index contributed by atoms with van der Waals surface area (Å²) in [5.74, 6) is 2.71. The van der Waals surface area contributed by atoms with Crippen molar-refractivity contribution in [2.45, 2.75) is 32.9 Å². The minimum Gasteiger partial charge on any atom is -0.297 e. The van der Waals surface area contributed by atoms with E-state index in [0.717, 1.165) is 6.54 Å². The van der Waals surface area contributed by atoms with Crippen LogP contribution in [0.5, 0.6) is 0 Å². The summed E-state index contributed by atoms with van der Waals surface area (Å²) >= 11 is 1.81. The molecule has 1 aromatic heterocycles. The Morgan fingerprint density at radius 2 is 2.23 bits per heavy atom.